The molecule has 0 saturated carbocycles. The molecule has 1 atom stereocenters. The molecule has 0 saturated heterocycles. The molecule has 4 heteroatoms. The van der Waals surface area contributed by atoms with Crippen molar-refractivity contribution < 1.29 is 4.79 Å². The lowest BCUT2D eigenvalue weighted by atomic mass is 10.2. The van der Waals surface area contributed by atoms with Crippen molar-refractivity contribution >= 4 is 5.91 Å². The molecule has 1 rings (SSSR count). The van der Waals surface area contributed by atoms with E-state index in [-0.39, 0.29) is 11.9 Å². The van der Waals surface area contributed by atoms with Gasteiger partial charge in [-0.3, -0.25) is 9.78 Å². The van der Waals surface area contributed by atoms with Crippen molar-refractivity contribution in [3.8, 4) is 0 Å². The molecule has 4 nitrogen and oxygen atoms in total. The molecule has 0 aliphatic carbocycles. The third kappa shape index (κ3) is 3.53. The number of nitrogens with zero attached hydrogens (tertiary/aromatic N) is 1. The van der Waals surface area contributed by atoms with Crippen LogP contribution in [0.5, 0.6) is 0 Å². The van der Waals surface area contributed by atoms with Crippen molar-refractivity contribution in [2.24, 2.45) is 5.73 Å². The van der Waals surface area contributed by atoms with Crippen LogP contribution in [0.3, 0.4) is 0 Å². The summed E-state index contributed by atoms with van der Waals surface area (Å²) < 4.78 is 0. The van der Waals surface area contributed by atoms with E-state index in [1.807, 2.05) is 6.92 Å². The van der Waals surface area contributed by atoms with Crippen LogP contribution in [0.15, 0.2) is 24.4 Å². The van der Waals surface area contributed by atoms with E-state index in [2.05, 4.69) is 10.3 Å². The lowest BCUT2D eigenvalue weighted by molar-refractivity contribution is 0.0948. The van der Waals surface area contributed by atoms with E-state index < -0.39 is 0 Å². The number of carbonyl (C=O) groups excluding carboxylic acids is 1. The Morgan fingerprint density at radius 1 is 1.64 bits per heavy atom. The average molecular weight is 193 g/mol. The maximum absolute atomic E-state index is 11.4. The fourth-order valence-electron chi connectivity index (χ4n) is 1.00. The number of hydrogen-bond donors (Lipinski definition) is 2. The zero-order valence-corrected chi connectivity index (χ0v) is 8.23. The first-order valence-corrected chi connectivity index (χ1v) is 4.65. The minimum absolute atomic E-state index is 0.110. The van der Waals surface area contributed by atoms with Crippen molar-refractivity contribution in [2.75, 3.05) is 6.54 Å². The van der Waals surface area contributed by atoms with E-state index in [4.69, 9.17) is 5.73 Å². The lowest BCUT2D eigenvalue weighted by Gasteiger charge is -2.06. The molecule has 0 radical (unpaired) electrons. The van der Waals surface area contributed by atoms with Gasteiger partial charge in [-0.05, 0) is 25.5 Å². The summed E-state index contributed by atoms with van der Waals surface area (Å²) in [6, 6.07) is 5.35. The molecule has 0 aromatic carbocycles. The van der Waals surface area contributed by atoms with Crippen LogP contribution in [0.4, 0.5) is 0 Å². The van der Waals surface area contributed by atoms with Gasteiger partial charge in [0, 0.05) is 18.8 Å². The SMILES string of the molecule is CC(N)CCNC(=O)c1ccccn1. The lowest BCUT2D eigenvalue weighted by Crippen LogP contribution is -2.29. The predicted octanol–water partition coefficient (Wildman–Crippen LogP) is 0.549. The zero-order valence-electron chi connectivity index (χ0n) is 8.23. The number of nitrogens with one attached hydrogen (secondary N) is 1. The fourth-order valence-corrected chi connectivity index (χ4v) is 1.00. The molecule has 0 aliphatic heterocycles. The molecular formula is C10H15N3O. The van der Waals surface area contributed by atoms with Crippen LogP contribution in [-0.4, -0.2) is 23.5 Å². The van der Waals surface area contributed by atoms with Gasteiger partial charge in [-0.15, -0.1) is 0 Å². The standard InChI is InChI=1S/C10H15N3O/c1-8(11)5-7-13-10(14)9-4-2-3-6-12-9/h2-4,6,8H,5,7,11H2,1H3,(H,13,14). The molecule has 1 amide bonds. The summed E-state index contributed by atoms with van der Waals surface area (Å²) in [5.74, 6) is -0.147. The minimum atomic E-state index is -0.147. The van der Waals surface area contributed by atoms with Gasteiger partial charge in [0.05, 0.1) is 0 Å². The smallest absolute Gasteiger partial charge is 0.269 e. The van der Waals surface area contributed by atoms with Crippen LogP contribution < -0.4 is 11.1 Å². The Morgan fingerprint density at radius 3 is 3.00 bits per heavy atom. The van der Waals surface area contributed by atoms with E-state index in [1.54, 1.807) is 24.4 Å². The Hall–Kier alpha value is -1.42. The number of pyridine rings is 1. The van der Waals surface area contributed by atoms with E-state index in [0.717, 1.165) is 6.42 Å². The highest BCUT2D eigenvalue weighted by molar-refractivity contribution is 5.92. The number of amides is 1. The number of rotatable bonds is 4. The van der Waals surface area contributed by atoms with Gasteiger partial charge in [-0.25, -0.2) is 0 Å². The number of carbonyl (C=O) groups is 1. The van der Waals surface area contributed by atoms with E-state index in [1.165, 1.54) is 0 Å². The number of hydrogen-bond acceptors (Lipinski definition) is 3. The highest BCUT2D eigenvalue weighted by atomic mass is 16.1. The molecule has 0 fully saturated rings. The third-order valence-electron chi connectivity index (χ3n) is 1.78. The highest BCUT2D eigenvalue weighted by Gasteiger charge is 2.04. The molecule has 1 heterocycles. The molecule has 1 aromatic heterocycles. The average Bonchev–Trinajstić information content (AvgIpc) is 2.18. The molecule has 3 N–H and O–H groups in total. The first-order chi connectivity index (χ1) is 6.70. The normalized spacial score (nSPS) is 12.1. The third-order valence-corrected chi connectivity index (χ3v) is 1.78. The molecule has 76 valence electrons. The fraction of sp³-hybridized carbons (Fsp3) is 0.400. The van der Waals surface area contributed by atoms with Crippen molar-refractivity contribution in [2.45, 2.75) is 19.4 Å². The van der Waals surface area contributed by atoms with Crippen LogP contribution in [0, 0.1) is 0 Å². The maximum atomic E-state index is 11.4. The van der Waals surface area contributed by atoms with Gasteiger partial charge >= 0.3 is 0 Å². The largest absolute Gasteiger partial charge is 0.351 e. The summed E-state index contributed by atoms with van der Waals surface area (Å²) in [5, 5.41) is 2.75. The molecule has 14 heavy (non-hydrogen) atoms. The van der Waals surface area contributed by atoms with E-state index in [9.17, 15) is 4.79 Å². The van der Waals surface area contributed by atoms with Crippen LogP contribution in [0.25, 0.3) is 0 Å². The Bertz CT molecular complexity index is 285. The molecule has 0 aliphatic rings. The Labute approximate surface area is 83.5 Å². The summed E-state index contributed by atoms with van der Waals surface area (Å²) in [7, 11) is 0. The van der Waals surface area contributed by atoms with Gasteiger partial charge in [0.15, 0.2) is 0 Å². The second-order valence-corrected chi connectivity index (χ2v) is 3.24. The number of nitrogens with two attached hydrogens (primary N) is 1. The van der Waals surface area contributed by atoms with Crippen LogP contribution in [0.1, 0.15) is 23.8 Å². The van der Waals surface area contributed by atoms with Gasteiger partial charge in [-0.2, -0.15) is 0 Å². The summed E-state index contributed by atoms with van der Waals surface area (Å²) in [6.45, 7) is 2.50. The minimum Gasteiger partial charge on any atom is -0.351 e. The summed E-state index contributed by atoms with van der Waals surface area (Å²) in [4.78, 5) is 15.3. The first kappa shape index (κ1) is 10.7. The summed E-state index contributed by atoms with van der Waals surface area (Å²) >= 11 is 0. The van der Waals surface area contributed by atoms with Crippen LogP contribution in [0.2, 0.25) is 0 Å². The Kier molecular flexibility index (Phi) is 4.07. The second-order valence-electron chi connectivity index (χ2n) is 3.24. The van der Waals surface area contributed by atoms with Gasteiger partial charge in [0.2, 0.25) is 0 Å². The van der Waals surface area contributed by atoms with Crippen molar-refractivity contribution in [3.63, 3.8) is 0 Å². The predicted molar refractivity (Wildman–Crippen MR) is 54.8 cm³/mol. The number of aromatic nitrogens is 1. The molecule has 0 bridgehead atoms. The molecule has 1 aromatic rings. The van der Waals surface area contributed by atoms with Crippen molar-refractivity contribution in [1.29, 1.82) is 0 Å². The second kappa shape index (κ2) is 5.34. The van der Waals surface area contributed by atoms with Crippen molar-refractivity contribution in [1.82, 2.24) is 10.3 Å². The van der Waals surface area contributed by atoms with Gasteiger partial charge in [-0.1, -0.05) is 6.07 Å². The van der Waals surface area contributed by atoms with Gasteiger partial charge < -0.3 is 11.1 Å². The zero-order chi connectivity index (χ0) is 10.4. The molecule has 1 unspecified atom stereocenters. The topological polar surface area (TPSA) is 68.0 Å². The van der Waals surface area contributed by atoms with Crippen LogP contribution >= 0.6 is 0 Å². The molecular weight excluding hydrogens is 178 g/mol. The summed E-state index contributed by atoms with van der Waals surface area (Å²) in [5.41, 5.74) is 5.99. The van der Waals surface area contributed by atoms with E-state index >= 15 is 0 Å². The van der Waals surface area contributed by atoms with Gasteiger partial charge in [0.1, 0.15) is 5.69 Å². The quantitative estimate of drug-likeness (QED) is 0.733. The van der Waals surface area contributed by atoms with Crippen LogP contribution in [-0.2, 0) is 0 Å². The summed E-state index contributed by atoms with van der Waals surface area (Å²) in [6.07, 6.45) is 2.37. The Balaban J connectivity index is 2.36. The molecule has 0 spiro atoms. The van der Waals surface area contributed by atoms with Crippen molar-refractivity contribution in [3.05, 3.63) is 30.1 Å². The maximum Gasteiger partial charge on any atom is 0.269 e. The first-order valence-electron chi connectivity index (χ1n) is 4.65. The monoisotopic (exact) mass is 193 g/mol. The Morgan fingerprint density at radius 2 is 2.43 bits per heavy atom. The van der Waals surface area contributed by atoms with E-state index in [0.29, 0.717) is 12.2 Å². The highest BCUT2D eigenvalue weighted by Crippen LogP contribution is 1.93. The van der Waals surface area contributed by atoms with Gasteiger partial charge in [0.25, 0.3) is 5.91 Å².